The number of imidazole rings is 1. The molecule has 0 aliphatic carbocycles. The van der Waals surface area contributed by atoms with Crippen molar-refractivity contribution < 1.29 is 32.7 Å². The first-order valence-electron chi connectivity index (χ1n) is 14.0. The van der Waals surface area contributed by atoms with Gasteiger partial charge in [-0.25, -0.2) is 9.78 Å². The van der Waals surface area contributed by atoms with Gasteiger partial charge in [0.15, 0.2) is 11.5 Å². The highest BCUT2D eigenvalue weighted by Gasteiger charge is 2.38. The van der Waals surface area contributed by atoms with Crippen molar-refractivity contribution in [3.05, 3.63) is 63.1 Å². The van der Waals surface area contributed by atoms with E-state index in [0.717, 1.165) is 49.8 Å². The molecule has 0 radical (unpaired) electrons. The predicted octanol–water partition coefficient (Wildman–Crippen LogP) is 3.57. The van der Waals surface area contributed by atoms with Crippen molar-refractivity contribution >= 4 is 52.1 Å². The third kappa shape index (κ3) is 6.76. The van der Waals surface area contributed by atoms with E-state index in [2.05, 4.69) is 26.6 Å². The van der Waals surface area contributed by atoms with E-state index in [4.69, 9.17) is 19.9 Å². The molecule has 4 aromatic rings. The van der Waals surface area contributed by atoms with Gasteiger partial charge >= 0.3 is 12.1 Å². The van der Waals surface area contributed by atoms with Crippen molar-refractivity contribution in [1.82, 2.24) is 29.3 Å². The van der Waals surface area contributed by atoms with Gasteiger partial charge in [0.05, 0.1) is 11.1 Å². The maximum Gasteiger partial charge on any atom is 0.490 e. The number of aryl methyl sites for hydroxylation is 2. The number of hydrogen-bond donors (Lipinski definition) is 2. The Labute approximate surface area is 260 Å². The molecular weight excluding hydrogens is 613 g/mol. The lowest BCUT2D eigenvalue weighted by molar-refractivity contribution is -0.192. The van der Waals surface area contributed by atoms with Crippen LogP contribution >= 0.6 is 11.3 Å². The number of imide groups is 1. The van der Waals surface area contributed by atoms with Crippen LogP contribution in [0.25, 0.3) is 11.2 Å². The van der Waals surface area contributed by atoms with Crippen LogP contribution in [0, 0.1) is 6.92 Å². The van der Waals surface area contributed by atoms with Crippen molar-refractivity contribution in [1.29, 1.82) is 0 Å². The summed E-state index contributed by atoms with van der Waals surface area (Å²) >= 11 is 1.85. The van der Waals surface area contributed by atoms with Gasteiger partial charge in [-0.1, -0.05) is 12.1 Å². The van der Waals surface area contributed by atoms with Gasteiger partial charge in [0.2, 0.25) is 5.95 Å². The minimum atomic E-state index is -5.08. The molecule has 0 bridgehead atoms. The number of carboxylic acids is 1. The van der Waals surface area contributed by atoms with Gasteiger partial charge in [0.1, 0.15) is 11.3 Å². The molecule has 0 saturated carbocycles. The molecule has 2 N–H and O–H groups in total. The fourth-order valence-electron chi connectivity index (χ4n) is 5.12. The van der Waals surface area contributed by atoms with E-state index in [9.17, 15) is 22.8 Å². The summed E-state index contributed by atoms with van der Waals surface area (Å²) in [5, 5.41) is 12.8. The van der Waals surface area contributed by atoms with E-state index in [-0.39, 0.29) is 18.4 Å². The Morgan fingerprint density at radius 3 is 2.40 bits per heavy atom. The van der Waals surface area contributed by atoms with Crippen LogP contribution in [0.3, 0.4) is 0 Å². The molecule has 12 nitrogen and oxygen atoms in total. The van der Waals surface area contributed by atoms with Crippen molar-refractivity contribution in [3.8, 4) is 0 Å². The van der Waals surface area contributed by atoms with Crippen molar-refractivity contribution in [2.24, 2.45) is 7.05 Å². The molecular formula is C29H31F3N8O4S. The number of amides is 2. The summed E-state index contributed by atoms with van der Waals surface area (Å²) in [4.78, 5) is 55.7. The van der Waals surface area contributed by atoms with Crippen LogP contribution < -0.4 is 10.2 Å². The molecule has 45 heavy (non-hydrogen) atoms. The van der Waals surface area contributed by atoms with Gasteiger partial charge in [0, 0.05) is 58.2 Å². The highest BCUT2D eigenvalue weighted by Crippen LogP contribution is 2.26. The minimum Gasteiger partial charge on any atom is -0.475 e. The summed E-state index contributed by atoms with van der Waals surface area (Å²) in [6.45, 7) is 6.29. The standard InChI is InChI=1S/C27H30N8O2S.C2HF3O2/c1-17-29-24-22(33(17)3)23(28-10-12-34-11-8-21-18(16-34)9-15-38-21)30-27(31-24)32(2)13-14-35-25(36)19-6-4-5-7-20(19)26(35)37;3-2(4,5)1(6)7/h4-7,9,15H,8,10-14,16H2,1-3H3,(H,28,30,31);(H,6,7). The minimum absolute atomic E-state index is 0.244. The van der Waals surface area contributed by atoms with E-state index in [1.165, 1.54) is 15.3 Å². The monoisotopic (exact) mass is 644 g/mol. The van der Waals surface area contributed by atoms with Gasteiger partial charge in [-0.2, -0.15) is 23.1 Å². The molecule has 1 aromatic carbocycles. The highest BCUT2D eigenvalue weighted by atomic mass is 32.1. The molecule has 0 fully saturated rings. The van der Waals surface area contributed by atoms with Crippen LogP contribution in [-0.2, 0) is 24.8 Å². The summed E-state index contributed by atoms with van der Waals surface area (Å²) in [5.74, 6) is -1.20. The van der Waals surface area contributed by atoms with Gasteiger partial charge in [-0.3, -0.25) is 19.4 Å². The number of hydrogen-bond acceptors (Lipinski definition) is 10. The molecule has 3 aromatic heterocycles. The second-order valence-electron chi connectivity index (χ2n) is 10.6. The molecule has 5 heterocycles. The lowest BCUT2D eigenvalue weighted by atomic mass is 10.1. The van der Waals surface area contributed by atoms with E-state index >= 15 is 0 Å². The summed E-state index contributed by atoms with van der Waals surface area (Å²) in [5.41, 5.74) is 3.83. The number of halogens is 3. The van der Waals surface area contributed by atoms with Crippen molar-refractivity contribution in [3.63, 3.8) is 0 Å². The Kier molecular flexibility index (Phi) is 9.06. The molecule has 2 aliphatic heterocycles. The maximum atomic E-state index is 12.8. The van der Waals surface area contributed by atoms with Gasteiger partial charge in [-0.05, 0) is 42.5 Å². The number of thiophene rings is 1. The molecule has 2 aliphatic rings. The zero-order valence-electron chi connectivity index (χ0n) is 24.8. The summed E-state index contributed by atoms with van der Waals surface area (Å²) in [7, 11) is 3.83. The number of fused-ring (bicyclic) bond motifs is 3. The topological polar surface area (TPSA) is 137 Å². The Morgan fingerprint density at radius 2 is 1.76 bits per heavy atom. The largest absolute Gasteiger partial charge is 0.490 e. The number of alkyl halides is 3. The number of benzene rings is 1. The Bertz CT molecular complexity index is 1720. The first-order chi connectivity index (χ1) is 21.3. The molecule has 0 atom stereocenters. The number of carbonyl (C=O) groups excluding carboxylic acids is 2. The van der Waals surface area contributed by atoms with E-state index in [0.29, 0.717) is 29.3 Å². The Morgan fingerprint density at radius 1 is 1.09 bits per heavy atom. The molecule has 2 amide bonds. The Balaban J connectivity index is 0.000000515. The van der Waals surface area contributed by atoms with Crippen LogP contribution in [0.15, 0.2) is 35.7 Å². The number of aromatic nitrogens is 4. The smallest absolute Gasteiger partial charge is 0.475 e. The predicted molar refractivity (Wildman–Crippen MR) is 162 cm³/mol. The lowest BCUT2D eigenvalue weighted by Gasteiger charge is -2.27. The third-order valence-corrected chi connectivity index (χ3v) is 8.69. The van der Waals surface area contributed by atoms with E-state index < -0.39 is 12.1 Å². The Hall–Kier alpha value is -4.57. The zero-order chi connectivity index (χ0) is 32.5. The fourth-order valence-corrected chi connectivity index (χ4v) is 6.01. The molecule has 238 valence electrons. The average molecular weight is 645 g/mol. The number of carboxylic acid groups (broad SMARTS) is 1. The van der Waals surface area contributed by atoms with Crippen LogP contribution in [0.1, 0.15) is 37.0 Å². The van der Waals surface area contributed by atoms with Gasteiger partial charge in [-0.15, -0.1) is 11.3 Å². The van der Waals surface area contributed by atoms with Gasteiger partial charge < -0.3 is 19.9 Å². The summed E-state index contributed by atoms with van der Waals surface area (Å²) < 4.78 is 33.7. The molecule has 0 spiro atoms. The summed E-state index contributed by atoms with van der Waals surface area (Å²) in [6, 6.07) is 9.17. The van der Waals surface area contributed by atoms with Crippen LogP contribution in [0.2, 0.25) is 0 Å². The molecule has 6 rings (SSSR count). The highest BCUT2D eigenvalue weighted by molar-refractivity contribution is 7.10. The van der Waals surface area contributed by atoms with Crippen LogP contribution in [0.4, 0.5) is 24.9 Å². The quantitative estimate of drug-likeness (QED) is 0.274. The first-order valence-corrected chi connectivity index (χ1v) is 14.9. The summed E-state index contributed by atoms with van der Waals surface area (Å²) in [6.07, 6.45) is -3.98. The third-order valence-electron chi connectivity index (χ3n) is 7.67. The van der Waals surface area contributed by atoms with Crippen LogP contribution in [0.5, 0.6) is 0 Å². The number of likely N-dealkylation sites (N-methyl/N-ethyl adjacent to an activating group) is 1. The number of aliphatic carboxylic acids is 1. The maximum absolute atomic E-state index is 12.8. The SMILES string of the molecule is Cc1nc2nc(N(C)CCN3C(=O)c4ccccc4C3=O)nc(NCCN3CCc4sccc4C3)c2n1C.O=C(O)C(F)(F)F. The van der Waals surface area contributed by atoms with Crippen molar-refractivity contribution in [2.75, 3.05) is 50.0 Å². The molecule has 16 heteroatoms. The molecule has 0 saturated heterocycles. The number of rotatable bonds is 8. The average Bonchev–Trinajstić information content (AvgIpc) is 3.66. The second-order valence-corrected chi connectivity index (χ2v) is 11.6. The zero-order valence-corrected chi connectivity index (χ0v) is 25.6. The fraction of sp³-hybridized carbons (Fsp3) is 0.379. The normalized spacial score (nSPS) is 14.7. The van der Waals surface area contributed by atoms with E-state index in [1.54, 1.807) is 24.3 Å². The van der Waals surface area contributed by atoms with Gasteiger partial charge in [0.25, 0.3) is 11.8 Å². The second kappa shape index (κ2) is 12.8. The van der Waals surface area contributed by atoms with Crippen LogP contribution in [-0.4, -0.2) is 98.2 Å². The molecule has 0 unspecified atom stereocenters. The lowest BCUT2D eigenvalue weighted by Crippen LogP contribution is -2.37. The number of carbonyl (C=O) groups is 3. The van der Waals surface area contributed by atoms with E-state index in [1.807, 2.05) is 41.8 Å². The first kappa shape index (κ1) is 31.8. The number of nitrogens with zero attached hydrogens (tertiary/aromatic N) is 7. The number of nitrogens with one attached hydrogen (secondary N) is 1. The van der Waals surface area contributed by atoms with Crippen molar-refractivity contribution in [2.45, 2.75) is 26.1 Å². The number of anilines is 2.